The van der Waals surface area contributed by atoms with Gasteiger partial charge < -0.3 is 14.6 Å². The number of halogens is 2. The molecule has 0 amide bonds. The molecule has 0 saturated carbocycles. The summed E-state index contributed by atoms with van der Waals surface area (Å²) in [5.41, 5.74) is 0.876. The van der Waals surface area contributed by atoms with E-state index in [1.165, 1.54) is 56.7 Å². The lowest BCUT2D eigenvalue weighted by Gasteiger charge is -2.17. The second-order valence-electron chi connectivity index (χ2n) is 4.54. The van der Waals surface area contributed by atoms with Crippen LogP contribution in [0.4, 0.5) is 8.78 Å². The summed E-state index contributed by atoms with van der Waals surface area (Å²) in [6.07, 6.45) is -1.93. The van der Waals surface area contributed by atoms with Gasteiger partial charge in [-0.2, -0.15) is 0 Å². The summed E-state index contributed by atoms with van der Waals surface area (Å²) in [6, 6.07) is 9.60. The predicted octanol–water partition coefficient (Wildman–Crippen LogP) is 3.34. The Bertz CT molecular complexity index is 612. The van der Waals surface area contributed by atoms with E-state index in [4.69, 9.17) is 9.47 Å². The van der Waals surface area contributed by atoms with Crippen molar-refractivity contribution in [3.63, 3.8) is 0 Å². The molecular formula is C16H16F2O3. The van der Waals surface area contributed by atoms with Crippen LogP contribution in [0.5, 0.6) is 0 Å². The molecule has 0 radical (unpaired) electrons. The molecule has 0 aliphatic carbocycles. The Kier molecular flexibility index (Phi) is 5.01. The Morgan fingerprint density at radius 3 is 2.29 bits per heavy atom. The number of aliphatic hydroxyl groups is 1. The third-order valence-electron chi connectivity index (χ3n) is 3.18. The lowest BCUT2D eigenvalue weighted by atomic mass is 9.99. The van der Waals surface area contributed by atoms with E-state index in [1.807, 2.05) is 0 Å². The molecule has 0 aliphatic heterocycles. The standard InChI is InChI=1S/C16H16F2O3/c1-20-16(21-2)11-6-7-14(18)13(9-11)15(19)10-4-3-5-12(17)8-10/h3-9,15-16,19H,1-2H3. The molecule has 112 valence electrons. The summed E-state index contributed by atoms with van der Waals surface area (Å²) < 4.78 is 37.4. The van der Waals surface area contributed by atoms with E-state index in [0.29, 0.717) is 5.56 Å². The van der Waals surface area contributed by atoms with Gasteiger partial charge >= 0.3 is 0 Å². The number of ether oxygens (including phenoxy) is 2. The quantitative estimate of drug-likeness (QED) is 0.860. The van der Waals surface area contributed by atoms with Crippen molar-refractivity contribution < 1.29 is 23.4 Å². The van der Waals surface area contributed by atoms with E-state index in [1.54, 1.807) is 0 Å². The highest BCUT2D eigenvalue weighted by Gasteiger charge is 2.19. The van der Waals surface area contributed by atoms with Gasteiger partial charge in [-0.3, -0.25) is 0 Å². The molecule has 0 spiro atoms. The van der Waals surface area contributed by atoms with Crippen molar-refractivity contribution in [3.05, 3.63) is 70.8 Å². The molecule has 0 aromatic heterocycles. The summed E-state index contributed by atoms with van der Waals surface area (Å²) in [6.45, 7) is 0. The van der Waals surface area contributed by atoms with E-state index in [-0.39, 0.29) is 11.1 Å². The molecule has 0 saturated heterocycles. The number of benzene rings is 2. The zero-order chi connectivity index (χ0) is 15.4. The maximum atomic E-state index is 13.9. The molecule has 3 nitrogen and oxygen atoms in total. The van der Waals surface area contributed by atoms with Gasteiger partial charge in [-0.1, -0.05) is 18.2 Å². The van der Waals surface area contributed by atoms with Crippen molar-refractivity contribution in [3.8, 4) is 0 Å². The molecule has 1 atom stereocenters. The Labute approximate surface area is 121 Å². The summed E-state index contributed by atoms with van der Waals surface area (Å²) in [4.78, 5) is 0. The minimum Gasteiger partial charge on any atom is -0.384 e. The van der Waals surface area contributed by atoms with Gasteiger partial charge in [-0.05, 0) is 29.8 Å². The molecule has 2 aromatic rings. The van der Waals surface area contributed by atoms with Gasteiger partial charge in [0.25, 0.3) is 0 Å². The molecule has 1 unspecified atom stereocenters. The highest BCUT2D eigenvalue weighted by atomic mass is 19.1. The summed E-state index contributed by atoms with van der Waals surface area (Å²) >= 11 is 0. The first-order valence-corrected chi connectivity index (χ1v) is 6.35. The lowest BCUT2D eigenvalue weighted by molar-refractivity contribution is -0.106. The van der Waals surface area contributed by atoms with E-state index in [9.17, 15) is 13.9 Å². The molecule has 21 heavy (non-hydrogen) atoms. The smallest absolute Gasteiger partial charge is 0.183 e. The van der Waals surface area contributed by atoms with E-state index in [2.05, 4.69) is 0 Å². The topological polar surface area (TPSA) is 38.7 Å². The van der Waals surface area contributed by atoms with Crippen molar-refractivity contribution in [1.82, 2.24) is 0 Å². The number of hydrogen-bond acceptors (Lipinski definition) is 3. The van der Waals surface area contributed by atoms with E-state index in [0.717, 1.165) is 0 Å². The number of methoxy groups -OCH3 is 2. The molecule has 0 fully saturated rings. The normalized spacial score (nSPS) is 12.7. The van der Waals surface area contributed by atoms with Crippen LogP contribution in [-0.4, -0.2) is 19.3 Å². The first-order valence-electron chi connectivity index (χ1n) is 6.35. The fourth-order valence-corrected chi connectivity index (χ4v) is 2.14. The number of aliphatic hydroxyl groups excluding tert-OH is 1. The fraction of sp³-hybridized carbons (Fsp3) is 0.250. The van der Waals surface area contributed by atoms with Crippen LogP contribution in [0.2, 0.25) is 0 Å². The summed E-state index contributed by atoms with van der Waals surface area (Å²) in [7, 11) is 2.92. The van der Waals surface area contributed by atoms with Crippen molar-refractivity contribution in [1.29, 1.82) is 0 Å². The highest BCUT2D eigenvalue weighted by molar-refractivity contribution is 5.34. The third kappa shape index (κ3) is 3.44. The molecule has 1 N–H and O–H groups in total. The van der Waals surface area contributed by atoms with Crippen LogP contribution >= 0.6 is 0 Å². The van der Waals surface area contributed by atoms with Gasteiger partial charge in [-0.25, -0.2) is 8.78 Å². The average Bonchev–Trinajstić information content (AvgIpc) is 2.49. The Hall–Kier alpha value is -1.82. The molecule has 2 aromatic carbocycles. The van der Waals surface area contributed by atoms with Crippen LogP contribution in [0.1, 0.15) is 29.1 Å². The molecule has 0 bridgehead atoms. The van der Waals surface area contributed by atoms with Gasteiger partial charge in [0, 0.05) is 25.3 Å². The predicted molar refractivity (Wildman–Crippen MR) is 73.6 cm³/mol. The summed E-state index contributed by atoms with van der Waals surface area (Å²) in [5, 5.41) is 10.3. The number of rotatable bonds is 5. The highest BCUT2D eigenvalue weighted by Crippen LogP contribution is 2.28. The zero-order valence-corrected chi connectivity index (χ0v) is 11.7. The fourth-order valence-electron chi connectivity index (χ4n) is 2.14. The minimum atomic E-state index is -1.27. The van der Waals surface area contributed by atoms with Gasteiger partial charge in [0.2, 0.25) is 0 Å². The second kappa shape index (κ2) is 6.76. The van der Waals surface area contributed by atoms with Crippen molar-refractivity contribution in [2.45, 2.75) is 12.4 Å². The van der Waals surface area contributed by atoms with Crippen molar-refractivity contribution in [2.75, 3.05) is 14.2 Å². The first kappa shape index (κ1) is 15.6. The molecule has 2 rings (SSSR count). The van der Waals surface area contributed by atoms with Crippen molar-refractivity contribution >= 4 is 0 Å². The van der Waals surface area contributed by atoms with Gasteiger partial charge in [0.05, 0.1) is 0 Å². The van der Waals surface area contributed by atoms with Crippen LogP contribution < -0.4 is 0 Å². The second-order valence-corrected chi connectivity index (χ2v) is 4.54. The lowest BCUT2D eigenvalue weighted by Crippen LogP contribution is -2.08. The van der Waals surface area contributed by atoms with Gasteiger partial charge in [0.1, 0.15) is 17.7 Å². The molecule has 0 aliphatic rings. The van der Waals surface area contributed by atoms with E-state index < -0.39 is 24.0 Å². The monoisotopic (exact) mass is 294 g/mol. The minimum absolute atomic E-state index is 0.0391. The average molecular weight is 294 g/mol. The largest absolute Gasteiger partial charge is 0.384 e. The Morgan fingerprint density at radius 2 is 1.67 bits per heavy atom. The van der Waals surface area contributed by atoms with E-state index >= 15 is 0 Å². The van der Waals surface area contributed by atoms with Crippen LogP contribution in [-0.2, 0) is 9.47 Å². The number of hydrogen-bond donors (Lipinski definition) is 1. The van der Waals surface area contributed by atoms with Crippen molar-refractivity contribution in [2.24, 2.45) is 0 Å². The summed E-state index contributed by atoms with van der Waals surface area (Å²) in [5.74, 6) is -1.07. The van der Waals surface area contributed by atoms with Crippen LogP contribution in [0.3, 0.4) is 0 Å². The maximum absolute atomic E-state index is 13.9. The van der Waals surface area contributed by atoms with Gasteiger partial charge in [-0.15, -0.1) is 0 Å². The third-order valence-corrected chi connectivity index (χ3v) is 3.18. The Morgan fingerprint density at radius 1 is 0.952 bits per heavy atom. The van der Waals surface area contributed by atoms with Crippen LogP contribution in [0.25, 0.3) is 0 Å². The Balaban J connectivity index is 2.40. The maximum Gasteiger partial charge on any atom is 0.183 e. The molecule has 0 heterocycles. The SMILES string of the molecule is COC(OC)c1ccc(F)c(C(O)c2cccc(F)c2)c1. The molecule has 5 heteroatoms. The van der Waals surface area contributed by atoms with Crippen LogP contribution in [0.15, 0.2) is 42.5 Å². The molecular weight excluding hydrogens is 278 g/mol. The van der Waals surface area contributed by atoms with Gasteiger partial charge in [0.15, 0.2) is 6.29 Å². The van der Waals surface area contributed by atoms with Crippen LogP contribution in [0, 0.1) is 11.6 Å². The first-order chi connectivity index (χ1) is 10.1. The zero-order valence-electron chi connectivity index (χ0n) is 11.7.